The second kappa shape index (κ2) is 10.1. The summed E-state index contributed by atoms with van der Waals surface area (Å²) in [6.07, 6.45) is -0.404. The van der Waals surface area contributed by atoms with Crippen molar-refractivity contribution in [3.8, 4) is 0 Å². The van der Waals surface area contributed by atoms with E-state index in [1.807, 2.05) is 27.8 Å². The molecule has 0 aliphatic rings. The predicted molar refractivity (Wildman–Crippen MR) is 71.9 cm³/mol. The molecule has 0 spiro atoms. The summed E-state index contributed by atoms with van der Waals surface area (Å²) in [5, 5.41) is 8.90. The number of amides is 1. The van der Waals surface area contributed by atoms with E-state index in [0.29, 0.717) is 19.8 Å². The second-order valence-electron chi connectivity index (χ2n) is 4.89. The minimum Gasteiger partial charge on any atom is -0.444 e. The highest BCUT2D eigenvalue weighted by molar-refractivity contribution is 5.67. The highest BCUT2D eigenvalue weighted by Crippen LogP contribution is 2.05. The van der Waals surface area contributed by atoms with Crippen LogP contribution in [0, 0.1) is 0 Å². The Labute approximate surface area is 110 Å². The highest BCUT2D eigenvalue weighted by atomic mass is 16.6. The topological polar surface area (TPSA) is 71.6 Å². The fourth-order valence-electron chi connectivity index (χ4n) is 1.12. The molecule has 6 nitrogen and oxygen atoms in total. The molecular formula is C12H27N3O3. The Morgan fingerprint density at radius 2 is 1.72 bits per heavy atom. The average Bonchev–Trinajstić information content (AvgIpc) is 2.24. The molecule has 0 rings (SSSR count). The fourth-order valence-corrected chi connectivity index (χ4v) is 1.12. The molecule has 108 valence electrons. The lowest BCUT2D eigenvalue weighted by Crippen LogP contribution is -2.34. The number of alkyl carbamates (subject to hydrolysis) is 1. The van der Waals surface area contributed by atoms with E-state index < -0.39 is 11.7 Å². The summed E-state index contributed by atoms with van der Waals surface area (Å²) < 4.78 is 10.4. The lowest BCUT2D eigenvalue weighted by molar-refractivity contribution is 0.0500. The van der Waals surface area contributed by atoms with Crippen LogP contribution in [0.25, 0.3) is 0 Å². The monoisotopic (exact) mass is 261 g/mol. The van der Waals surface area contributed by atoms with Gasteiger partial charge in [0.25, 0.3) is 0 Å². The standard InChI is InChI=1S/C12H27N3O3/c1-12(2,3)18-11(16)15-8-10-17-9-7-14-6-5-13-4/h13-14H,5-10H2,1-4H3,(H,15,16). The number of carbonyl (C=O) groups excluding carboxylic acids is 1. The highest BCUT2D eigenvalue weighted by Gasteiger charge is 2.15. The second-order valence-corrected chi connectivity index (χ2v) is 4.89. The summed E-state index contributed by atoms with van der Waals surface area (Å²) in [6, 6.07) is 0. The summed E-state index contributed by atoms with van der Waals surface area (Å²) in [6.45, 7) is 9.78. The average molecular weight is 261 g/mol. The van der Waals surface area contributed by atoms with Crippen molar-refractivity contribution in [2.75, 3.05) is 46.4 Å². The number of rotatable bonds is 9. The summed E-state index contributed by atoms with van der Waals surface area (Å²) in [4.78, 5) is 11.3. The molecule has 0 atom stereocenters. The van der Waals surface area contributed by atoms with Gasteiger partial charge in [0.1, 0.15) is 5.60 Å². The molecule has 0 saturated carbocycles. The predicted octanol–water partition coefficient (Wildman–Crippen LogP) is 0.337. The zero-order chi connectivity index (χ0) is 13.9. The molecule has 0 aromatic heterocycles. The van der Waals surface area contributed by atoms with Gasteiger partial charge in [-0.2, -0.15) is 0 Å². The Bertz CT molecular complexity index is 217. The molecule has 1 amide bonds. The van der Waals surface area contributed by atoms with Crippen molar-refractivity contribution in [1.29, 1.82) is 0 Å². The smallest absolute Gasteiger partial charge is 0.407 e. The molecule has 0 unspecified atom stereocenters. The Morgan fingerprint density at radius 1 is 1.06 bits per heavy atom. The molecule has 18 heavy (non-hydrogen) atoms. The van der Waals surface area contributed by atoms with E-state index in [1.54, 1.807) is 0 Å². The Hall–Kier alpha value is -0.850. The van der Waals surface area contributed by atoms with E-state index in [-0.39, 0.29) is 0 Å². The van der Waals surface area contributed by atoms with Gasteiger partial charge in [-0.15, -0.1) is 0 Å². The molecule has 0 aliphatic heterocycles. The minimum atomic E-state index is -0.456. The SMILES string of the molecule is CNCCNCCOCCNC(=O)OC(C)(C)C. The van der Waals surface area contributed by atoms with Crippen molar-refractivity contribution >= 4 is 6.09 Å². The van der Waals surface area contributed by atoms with Crippen molar-refractivity contribution in [2.24, 2.45) is 0 Å². The van der Waals surface area contributed by atoms with Gasteiger partial charge in [0, 0.05) is 26.2 Å². The molecule has 0 aliphatic carbocycles. The maximum absolute atomic E-state index is 11.3. The molecule has 0 fully saturated rings. The summed E-state index contributed by atoms with van der Waals surface area (Å²) in [5.74, 6) is 0. The lowest BCUT2D eigenvalue weighted by atomic mass is 10.2. The summed E-state index contributed by atoms with van der Waals surface area (Å²) in [7, 11) is 1.92. The molecular weight excluding hydrogens is 234 g/mol. The zero-order valence-electron chi connectivity index (χ0n) is 12.0. The van der Waals surface area contributed by atoms with Gasteiger partial charge in [-0.1, -0.05) is 0 Å². The Morgan fingerprint density at radius 3 is 2.33 bits per heavy atom. The first-order valence-corrected chi connectivity index (χ1v) is 6.35. The van der Waals surface area contributed by atoms with Gasteiger partial charge in [-0.05, 0) is 27.8 Å². The van der Waals surface area contributed by atoms with Crippen molar-refractivity contribution in [3.05, 3.63) is 0 Å². The maximum atomic E-state index is 11.3. The lowest BCUT2D eigenvalue weighted by Gasteiger charge is -2.19. The van der Waals surface area contributed by atoms with Crippen LogP contribution in [0.15, 0.2) is 0 Å². The van der Waals surface area contributed by atoms with E-state index >= 15 is 0 Å². The minimum absolute atomic E-state index is 0.404. The Kier molecular flexibility index (Phi) is 9.63. The van der Waals surface area contributed by atoms with Crippen LogP contribution in [0.2, 0.25) is 0 Å². The van der Waals surface area contributed by atoms with Crippen LogP contribution in [0.5, 0.6) is 0 Å². The fraction of sp³-hybridized carbons (Fsp3) is 0.917. The van der Waals surface area contributed by atoms with Gasteiger partial charge in [-0.25, -0.2) is 4.79 Å². The van der Waals surface area contributed by atoms with Gasteiger partial charge in [0.05, 0.1) is 13.2 Å². The van der Waals surface area contributed by atoms with E-state index in [9.17, 15) is 4.79 Å². The van der Waals surface area contributed by atoms with Gasteiger partial charge in [0.2, 0.25) is 0 Å². The maximum Gasteiger partial charge on any atom is 0.407 e. The van der Waals surface area contributed by atoms with Crippen LogP contribution in [0.1, 0.15) is 20.8 Å². The first kappa shape index (κ1) is 17.2. The van der Waals surface area contributed by atoms with Crippen LogP contribution in [-0.2, 0) is 9.47 Å². The van der Waals surface area contributed by atoms with Crippen molar-refractivity contribution in [3.63, 3.8) is 0 Å². The molecule has 0 heterocycles. The van der Waals surface area contributed by atoms with Crippen LogP contribution in [0.3, 0.4) is 0 Å². The molecule has 0 saturated heterocycles. The van der Waals surface area contributed by atoms with Crippen LogP contribution >= 0.6 is 0 Å². The van der Waals surface area contributed by atoms with E-state index in [2.05, 4.69) is 16.0 Å². The summed E-state index contributed by atoms with van der Waals surface area (Å²) >= 11 is 0. The molecule has 0 aromatic rings. The Balaban J connectivity index is 3.23. The van der Waals surface area contributed by atoms with Crippen LogP contribution < -0.4 is 16.0 Å². The first-order chi connectivity index (χ1) is 8.45. The largest absolute Gasteiger partial charge is 0.444 e. The number of hydrogen-bond acceptors (Lipinski definition) is 5. The van der Waals surface area contributed by atoms with Crippen molar-refractivity contribution < 1.29 is 14.3 Å². The van der Waals surface area contributed by atoms with Gasteiger partial charge >= 0.3 is 6.09 Å². The van der Waals surface area contributed by atoms with Crippen LogP contribution in [-0.4, -0.2) is 58.1 Å². The van der Waals surface area contributed by atoms with Crippen molar-refractivity contribution in [2.45, 2.75) is 26.4 Å². The quantitative estimate of drug-likeness (QED) is 0.522. The van der Waals surface area contributed by atoms with Crippen LogP contribution in [0.4, 0.5) is 4.79 Å². The third-order valence-electron chi connectivity index (χ3n) is 1.89. The molecule has 3 N–H and O–H groups in total. The van der Waals surface area contributed by atoms with Crippen molar-refractivity contribution in [1.82, 2.24) is 16.0 Å². The van der Waals surface area contributed by atoms with Gasteiger partial charge < -0.3 is 25.4 Å². The normalized spacial score (nSPS) is 11.3. The number of carbonyl (C=O) groups is 1. The molecule has 0 radical (unpaired) electrons. The van der Waals surface area contributed by atoms with Gasteiger partial charge in [0.15, 0.2) is 0 Å². The molecule has 0 bridgehead atoms. The van der Waals surface area contributed by atoms with E-state index in [4.69, 9.17) is 9.47 Å². The van der Waals surface area contributed by atoms with E-state index in [0.717, 1.165) is 19.6 Å². The first-order valence-electron chi connectivity index (χ1n) is 6.35. The third kappa shape index (κ3) is 13.2. The number of ether oxygens (including phenoxy) is 2. The summed E-state index contributed by atoms with van der Waals surface area (Å²) in [5.41, 5.74) is -0.456. The van der Waals surface area contributed by atoms with Gasteiger partial charge in [-0.3, -0.25) is 0 Å². The zero-order valence-corrected chi connectivity index (χ0v) is 12.0. The number of likely N-dealkylation sites (N-methyl/N-ethyl adjacent to an activating group) is 1. The third-order valence-corrected chi connectivity index (χ3v) is 1.89. The number of nitrogens with one attached hydrogen (secondary N) is 3. The number of hydrogen-bond donors (Lipinski definition) is 3. The van der Waals surface area contributed by atoms with E-state index in [1.165, 1.54) is 0 Å². The molecule has 0 aromatic carbocycles. The molecule has 6 heteroatoms.